The van der Waals surface area contributed by atoms with Crippen molar-refractivity contribution in [2.75, 3.05) is 18.4 Å². The molecule has 9 heteroatoms. The van der Waals surface area contributed by atoms with Gasteiger partial charge in [0.05, 0.1) is 16.3 Å². The van der Waals surface area contributed by atoms with Gasteiger partial charge in [-0.25, -0.2) is 17.7 Å². The molecule has 0 atom stereocenters. The maximum Gasteiger partial charge on any atom is 0.229 e. The zero-order valence-corrected chi connectivity index (χ0v) is 18.1. The number of carbonyl (C=O) groups is 1. The molecule has 4 rings (SSSR count). The average Bonchev–Trinajstić information content (AvgIpc) is 3.40. The number of benzene rings is 1. The van der Waals surface area contributed by atoms with Gasteiger partial charge < -0.3 is 5.32 Å². The van der Waals surface area contributed by atoms with E-state index in [1.165, 1.54) is 15.6 Å². The van der Waals surface area contributed by atoms with Crippen LogP contribution in [0.4, 0.5) is 5.13 Å². The van der Waals surface area contributed by atoms with Crippen LogP contribution in [0.25, 0.3) is 10.6 Å². The number of carbonyl (C=O) groups excluding carboxylic acids is 1. The zero-order valence-electron chi connectivity index (χ0n) is 15.7. The minimum atomic E-state index is -3.37. The Bertz CT molecular complexity index is 1050. The first-order valence-corrected chi connectivity index (χ1v) is 12.7. The van der Waals surface area contributed by atoms with Crippen LogP contribution in [0.15, 0.2) is 53.2 Å². The van der Waals surface area contributed by atoms with E-state index in [1.807, 2.05) is 53.2 Å². The fourth-order valence-corrected chi connectivity index (χ4v) is 6.39. The molecule has 1 aliphatic heterocycles. The molecule has 3 heterocycles. The first-order chi connectivity index (χ1) is 14.0. The van der Waals surface area contributed by atoms with Gasteiger partial charge in [-0.1, -0.05) is 36.4 Å². The number of aromatic nitrogens is 1. The number of rotatable bonds is 6. The van der Waals surface area contributed by atoms with Crippen molar-refractivity contribution >= 4 is 43.7 Å². The molecule has 152 valence electrons. The lowest BCUT2D eigenvalue weighted by molar-refractivity contribution is -0.120. The second kappa shape index (κ2) is 8.74. The smallest absolute Gasteiger partial charge is 0.229 e. The van der Waals surface area contributed by atoms with Crippen molar-refractivity contribution < 1.29 is 13.2 Å². The van der Waals surface area contributed by atoms with Crippen molar-refractivity contribution in [2.24, 2.45) is 5.92 Å². The largest absolute Gasteiger partial charge is 0.302 e. The fraction of sp³-hybridized carbons (Fsp3) is 0.300. The highest BCUT2D eigenvalue weighted by molar-refractivity contribution is 7.88. The molecule has 1 fully saturated rings. The summed E-state index contributed by atoms with van der Waals surface area (Å²) in [6.07, 6.45) is 1.03. The van der Waals surface area contributed by atoms with Gasteiger partial charge in [0.1, 0.15) is 0 Å². The van der Waals surface area contributed by atoms with E-state index in [-0.39, 0.29) is 17.6 Å². The van der Waals surface area contributed by atoms with Gasteiger partial charge in [-0.05, 0) is 29.9 Å². The second-order valence-corrected chi connectivity index (χ2v) is 10.7. The van der Waals surface area contributed by atoms with Gasteiger partial charge in [-0.2, -0.15) is 0 Å². The molecule has 29 heavy (non-hydrogen) atoms. The van der Waals surface area contributed by atoms with Crippen LogP contribution in [0.3, 0.4) is 0 Å². The van der Waals surface area contributed by atoms with E-state index in [9.17, 15) is 13.2 Å². The van der Waals surface area contributed by atoms with E-state index in [1.54, 1.807) is 11.3 Å². The van der Waals surface area contributed by atoms with Crippen molar-refractivity contribution in [3.63, 3.8) is 0 Å². The molecular weight excluding hydrogens is 426 g/mol. The van der Waals surface area contributed by atoms with Gasteiger partial charge in [0.15, 0.2) is 5.13 Å². The molecular formula is C20H21N3O3S3. The molecule has 0 bridgehead atoms. The Labute approximate surface area is 178 Å². The summed E-state index contributed by atoms with van der Waals surface area (Å²) in [5.74, 6) is -0.292. The minimum Gasteiger partial charge on any atom is -0.302 e. The van der Waals surface area contributed by atoms with E-state index < -0.39 is 10.0 Å². The molecule has 0 radical (unpaired) electrons. The molecule has 0 aliphatic carbocycles. The summed E-state index contributed by atoms with van der Waals surface area (Å²) in [5.41, 5.74) is 1.64. The third kappa shape index (κ3) is 4.92. The monoisotopic (exact) mass is 447 g/mol. The van der Waals surface area contributed by atoms with E-state index in [2.05, 4.69) is 10.3 Å². The lowest BCUT2D eigenvalue weighted by Crippen LogP contribution is -2.41. The van der Waals surface area contributed by atoms with Crippen LogP contribution in [0.2, 0.25) is 0 Å². The highest BCUT2D eigenvalue weighted by Gasteiger charge is 2.31. The number of nitrogens with one attached hydrogen (secondary N) is 1. The van der Waals surface area contributed by atoms with Crippen LogP contribution in [0, 0.1) is 5.92 Å². The number of sulfonamides is 1. The van der Waals surface area contributed by atoms with Crippen LogP contribution in [0.1, 0.15) is 18.4 Å². The minimum absolute atomic E-state index is 0.00465. The maximum atomic E-state index is 12.7. The van der Waals surface area contributed by atoms with Gasteiger partial charge in [-0.15, -0.1) is 22.7 Å². The standard InChI is InChI=1S/C20H21N3O3S3/c24-19(22-20-21-17(13-28-20)18-7-4-12-27-18)16-8-10-23(11-9-16)29(25,26)14-15-5-2-1-3-6-15/h1-7,12-13,16H,8-11,14H2,(H,21,22,24). The summed E-state index contributed by atoms with van der Waals surface area (Å²) in [7, 11) is -3.37. The van der Waals surface area contributed by atoms with Crippen molar-refractivity contribution in [3.05, 3.63) is 58.8 Å². The Morgan fingerprint density at radius 1 is 1.10 bits per heavy atom. The molecule has 0 unspecified atom stereocenters. The van der Waals surface area contributed by atoms with Crippen LogP contribution in [-0.4, -0.2) is 36.7 Å². The highest BCUT2D eigenvalue weighted by Crippen LogP contribution is 2.29. The molecule has 1 amide bonds. The number of hydrogen-bond acceptors (Lipinski definition) is 6. The van der Waals surface area contributed by atoms with Crippen LogP contribution in [0.5, 0.6) is 0 Å². The Morgan fingerprint density at radius 3 is 2.55 bits per heavy atom. The fourth-order valence-electron chi connectivity index (χ4n) is 3.35. The third-order valence-corrected chi connectivity index (χ3v) is 8.42. The molecule has 2 aromatic heterocycles. The Morgan fingerprint density at radius 2 is 1.86 bits per heavy atom. The van der Waals surface area contributed by atoms with E-state index in [4.69, 9.17) is 0 Å². The van der Waals surface area contributed by atoms with E-state index >= 15 is 0 Å². The Kier molecular flexibility index (Phi) is 6.09. The van der Waals surface area contributed by atoms with Crippen LogP contribution >= 0.6 is 22.7 Å². The van der Waals surface area contributed by atoms with Crippen LogP contribution in [-0.2, 0) is 20.6 Å². The average molecular weight is 448 g/mol. The third-order valence-electron chi connectivity index (χ3n) is 4.92. The summed E-state index contributed by atoms with van der Waals surface area (Å²) in [6, 6.07) is 13.1. The molecule has 3 aromatic rings. The molecule has 1 saturated heterocycles. The first-order valence-electron chi connectivity index (χ1n) is 9.33. The molecule has 0 spiro atoms. The summed E-state index contributed by atoms with van der Waals surface area (Å²) >= 11 is 3.01. The van der Waals surface area contributed by atoms with E-state index in [0.717, 1.165) is 16.1 Å². The number of hydrogen-bond donors (Lipinski definition) is 1. The van der Waals surface area contributed by atoms with Gasteiger partial charge in [-0.3, -0.25) is 4.79 Å². The van der Waals surface area contributed by atoms with Gasteiger partial charge in [0.25, 0.3) is 0 Å². The summed E-state index contributed by atoms with van der Waals surface area (Å²) in [6.45, 7) is 0.733. The Hall–Kier alpha value is -2.07. The molecule has 1 N–H and O–H groups in total. The van der Waals surface area contributed by atoms with Crippen LogP contribution < -0.4 is 5.32 Å². The predicted octanol–water partition coefficient (Wildman–Crippen LogP) is 4.05. The van der Waals surface area contributed by atoms with E-state index in [0.29, 0.717) is 31.1 Å². The van der Waals surface area contributed by atoms with Gasteiger partial charge >= 0.3 is 0 Å². The normalized spacial score (nSPS) is 16.0. The summed E-state index contributed by atoms with van der Waals surface area (Å²) < 4.78 is 26.8. The van der Waals surface area contributed by atoms with Crippen molar-refractivity contribution in [2.45, 2.75) is 18.6 Å². The summed E-state index contributed by atoms with van der Waals surface area (Å²) in [4.78, 5) is 18.1. The SMILES string of the molecule is O=C(Nc1nc(-c2cccs2)cs1)C1CCN(S(=O)(=O)Cc2ccccc2)CC1. The van der Waals surface area contributed by atoms with Crippen molar-refractivity contribution in [3.8, 4) is 10.6 Å². The van der Waals surface area contributed by atoms with Crippen molar-refractivity contribution in [1.29, 1.82) is 0 Å². The molecule has 1 aliphatic rings. The lowest BCUT2D eigenvalue weighted by Gasteiger charge is -2.30. The molecule has 0 saturated carbocycles. The second-order valence-electron chi connectivity index (χ2n) is 6.92. The number of thiophene rings is 1. The highest BCUT2D eigenvalue weighted by atomic mass is 32.2. The van der Waals surface area contributed by atoms with Gasteiger partial charge in [0.2, 0.25) is 15.9 Å². The maximum absolute atomic E-state index is 12.7. The number of piperidine rings is 1. The Balaban J connectivity index is 1.31. The quantitative estimate of drug-likeness (QED) is 0.618. The number of amides is 1. The topological polar surface area (TPSA) is 79.4 Å². The number of anilines is 1. The summed E-state index contributed by atoms with van der Waals surface area (Å²) in [5, 5.41) is 7.40. The van der Waals surface area contributed by atoms with Gasteiger partial charge in [0, 0.05) is 24.4 Å². The first kappa shape index (κ1) is 20.2. The molecule has 1 aromatic carbocycles. The molecule has 6 nitrogen and oxygen atoms in total. The zero-order chi connectivity index (χ0) is 20.3. The predicted molar refractivity (Wildman–Crippen MR) is 117 cm³/mol. The van der Waals surface area contributed by atoms with Crippen molar-refractivity contribution in [1.82, 2.24) is 9.29 Å². The number of nitrogens with zero attached hydrogens (tertiary/aromatic N) is 2. The lowest BCUT2D eigenvalue weighted by atomic mass is 9.97. The number of thiazole rings is 1.